The van der Waals surface area contributed by atoms with Crippen LogP contribution in [0, 0.1) is 0 Å². The molecular formula is C9H11NO5S2. The summed E-state index contributed by atoms with van der Waals surface area (Å²) in [6.07, 6.45) is -0.319. The fourth-order valence-corrected chi connectivity index (χ4v) is 4.08. The second-order valence-corrected chi connectivity index (χ2v) is 6.69. The van der Waals surface area contributed by atoms with Crippen LogP contribution in [0.4, 0.5) is 0 Å². The van der Waals surface area contributed by atoms with E-state index in [2.05, 4.69) is 0 Å². The minimum absolute atomic E-state index is 0.216. The number of hydrogen-bond acceptors (Lipinski definition) is 5. The maximum Gasteiger partial charge on any atom is 0.329 e. The van der Waals surface area contributed by atoms with Crippen molar-refractivity contribution in [1.82, 2.24) is 4.31 Å². The SMILES string of the molecule is O=C(O)COC1CN(S(=O)(=O)c2cccs2)C1. The van der Waals surface area contributed by atoms with Gasteiger partial charge in [0.2, 0.25) is 0 Å². The predicted octanol–water partition coefficient (Wildman–Crippen LogP) is 0.222. The van der Waals surface area contributed by atoms with E-state index in [0.29, 0.717) is 4.21 Å². The zero-order valence-electron chi connectivity index (χ0n) is 8.77. The van der Waals surface area contributed by atoms with Crippen molar-refractivity contribution in [3.63, 3.8) is 0 Å². The van der Waals surface area contributed by atoms with Crippen LogP contribution in [0.2, 0.25) is 0 Å². The average Bonchev–Trinajstić information content (AvgIpc) is 2.67. The first kappa shape index (κ1) is 12.5. The molecule has 2 heterocycles. The molecule has 1 saturated heterocycles. The van der Waals surface area contributed by atoms with Gasteiger partial charge in [-0.25, -0.2) is 13.2 Å². The van der Waals surface area contributed by atoms with Crippen molar-refractivity contribution in [2.75, 3.05) is 19.7 Å². The van der Waals surface area contributed by atoms with Crippen LogP contribution >= 0.6 is 11.3 Å². The van der Waals surface area contributed by atoms with Crippen LogP contribution in [0.5, 0.6) is 0 Å². The van der Waals surface area contributed by atoms with Gasteiger partial charge in [-0.05, 0) is 11.4 Å². The summed E-state index contributed by atoms with van der Waals surface area (Å²) < 4.78 is 30.4. The molecule has 0 amide bonds. The molecule has 1 N–H and O–H groups in total. The largest absolute Gasteiger partial charge is 0.480 e. The molecule has 0 aliphatic carbocycles. The third-order valence-electron chi connectivity index (χ3n) is 2.35. The highest BCUT2D eigenvalue weighted by atomic mass is 32.2. The van der Waals surface area contributed by atoms with E-state index in [1.807, 2.05) is 0 Å². The van der Waals surface area contributed by atoms with Gasteiger partial charge in [-0.3, -0.25) is 0 Å². The molecule has 2 rings (SSSR count). The molecule has 6 nitrogen and oxygen atoms in total. The Hall–Kier alpha value is -0.960. The summed E-state index contributed by atoms with van der Waals surface area (Å²) >= 11 is 1.16. The molecule has 0 bridgehead atoms. The maximum absolute atomic E-state index is 11.9. The number of sulfonamides is 1. The molecule has 17 heavy (non-hydrogen) atoms. The van der Waals surface area contributed by atoms with Crippen LogP contribution in [-0.4, -0.2) is 49.6 Å². The van der Waals surface area contributed by atoms with Gasteiger partial charge in [0.05, 0.1) is 6.10 Å². The first-order valence-electron chi connectivity index (χ1n) is 4.87. The van der Waals surface area contributed by atoms with Crippen LogP contribution in [0.25, 0.3) is 0 Å². The quantitative estimate of drug-likeness (QED) is 0.832. The van der Waals surface area contributed by atoms with Gasteiger partial charge in [0, 0.05) is 13.1 Å². The van der Waals surface area contributed by atoms with Crippen molar-refractivity contribution in [2.24, 2.45) is 0 Å². The molecule has 1 aromatic rings. The third-order valence-corrected chi connectivity index (χ3v) is 5.55. The Balaban J connectivity index is 1.90. The van der Waals surface area contributed by atoms with Crippen molar-refractivity contribution in [2.45, 2.75) is 10.3 Å². The number of rotatable bonds is 5. The fourth-order valence-electron chi connectivity index (χ4n) is 1.43. The molecule has 0 unspecified atom stereocenters. The normalized spacial score (nSPS) is 17.9. The van der Waals surface area contributed by atoms with Gasteiger partial charge in [0.1, 0.15) is 10.8 Å². The first-order chi connectivity index (χ1) is 8.00. The maximum atomic E-state index is 11.9. The highest BCUT2D eigenvalue weighted by Crippen LogP contribution is 2.25. The van der Waals surface area contributed by atoms with Crippen molar-refractivity contribution in [1.29, 1.82) is 0 Å². The van der Waals surface area contributed by atoms with Crippen LogP contribution in [0.15, 0.2) is 21.7 Å². The Labute approximate surface area is 102 Å². The lowest BCUT2D eigenvalue weighted by atomic mass is 10.2. The van der Waals surface area contributed by atoms with Gasteiger partial charge in [0.15, 0.2) is 0 Å². The lowest BCUT2D eigenvalue weighted by molar-refractivity contribution is -0.146. The van der Waals surface area contributed by atoms with Gasteiger partial charge in [0.25, 0.3) is 10.0 Å². The van der Waals surface area contributed by atoms with Gasteiger partial charge in [-0.15, -0.1) is 11.3 Å². The van der Waals surface area contributed by atoms with Crippen molar-refractivity contribution in [3.05, 3.63) is 17.5 Å². The zero-order chi connectivity index (χ0) is 12.5. The summed E-state index contributed by atoms with van der Waals surface area (Å²) in [7, 11) is -3.41. The van der Waals surface area contributed by atoms with Crippen molar-refractivity contribution in [3.8, 4) is 0 Å². The minimum Gasteiger partial charge on any atom is -0.480 e. The highest BCUT2D eigenvalue weighted by molar-refractivity contribution is 7.91. The van der Waals surface area contributed by atoms with E-state index < -0.39 is 22.6 Å². The molecule has 0 radical (unpaired) electrons. The molecule has 1 fully saturated rings. The molecule has 1 aliphatic rings. The number of thiophene rings is 1. The van der Waals surface area contributed by atoms with E-state index in [-0.39, 0.29) is 19.2 Å². The van der Waals surface area contributed by atoms with E-state index in [1.165, 1.54) is 4.31 Å². The van der Waals surface area contributed by atoms with E-state index in [9.17, 15) is 13.2 Å². The Morgan fingerprint density at radius 2 is 2.29 bits per heavy atom. The second kappa shape index (κ2) is 4.73. The second-order valence-electron chi connectivity index (χ2n) is 3.58. The van der Waals surface area contributed by atoms with Crippen LogP contribution in [0.1, 0.15) is 0 Å². The average molecular weight is 277 g/mol. The Morgan fingerprint density at radius 3 is 2.82 bits per heavy atom. The van der Waals surface area contributed by atoms with E-state index >= 15 is 0 Å². The van der Waals surface area contributed by atoms with Crippen LogP contribution < -0.4 is 0 Å². The summed E-state index contributed by atoms with van der Waals surface area (Å²) in [5.74, 6) is -1.05. The number of carbonyl (C=O) groups is 1. The monoisotopic (exact) mass is 277 g/mol. The smallest absolute Gasteiger partial charge is 0.329 e. The van der Waals surface area contributed by atoms with Crippen LogP contribution in [-0.2, 0) is 19.6 Å². The molecule has 8 heteroatoms. The summed E-state index contributed by atoms with van der Waals surface area (Å²) in [6.45, 7) is 0.0403. The number of aliphatic carboxylic acids is 1. The molecule has 0 aromatic carbocycles. The molecule has 0 atom stereocenters. The third kappa shape index (κ3) is 2.65. The van der Waals surface area contributed by atoms with Crippen molar-refractivity contribution < 1.29 is 23.1 Å². The fraction of sp³-hybridized carbons (Fsp3) is 0.444. The standard InChI is InChI=1S/C9H11NO5S2/c11-8(12)6-15-7-4-10(5-7)17(13,14)9-2-1-3-16-9/h1-3,7H,4-6H2,(H,11,12). The topological polar surface area (TPSA) is 83.9 Å². The summed E-state index contributed by atoms with van der Waals surface area (Å²) in [5, 5.41) is 10.1. The van der Waals surface area contributed by atoms with Crippen molar-refractivity contribution >= 4 is 27.3 Å². The molecule has 0 spiro atoms. The van der Waals surface area contributed by atoms with Gasteiger partial charge < -0.3 is 9.84 Å². The number of nitrogens with zero attached hydrogens (tertiary/aromatic N) is 1. The van der Waals surface area contributed by atoms with Gasteiger partial charge in [-0.1, -0.05) is 6.07 Å². The molecule has 0 saturated carbocycles. The van der Waals surface area contributed by atoms with E-state index in [4.69, 9.17) is 9.84 Å². The number of carboxylic acids is 1. The summed E-state index contributed by atoms with van der Waals surface area (Å²) in [4.78, 5) is 10.3. The predicted molar refractivity (Wildman–Crippen MR) is 60.5 cm³/mol. The van der Waals surface area contributed by atoms with Gasteiger partial charge >= 0.3 is 5.97 Å². The van der Waals surface area contributed by atoms with E-state index in [1.54, 1.807) is 17.5 Å². The number of carboxylic acid groups (broad SMARTS) is 1. The summed E-state index contributed by atoms with van der Waals surface area (Å²) in [6, 6.07) is 3.22. The number of ether oxygens (including phenoxy) is 1. The van der Waals surface area contributed by atoms with Crippen LogP contribution in [0.3, 0.4) is 0 Å². The van der Waals surface area contributed by atoms with Gasteiger partial charge in [-0.2, -0.15) is 4.31 Å². The first-order valence-corrected chi connectivity index (χ1v) is 7.19. The Bertz CT molecular complexity index is 489. The van der Waals surface area contributed by atoms with E-state index in [0.717, 1.165) is 11.3 Å². The Kier molecular flexibility index (Phi) is 3.48. The lowest BCUT2D eigenvalue weighted by Crippen LogP contribution is -2.54. The molecular weight excluding hydrogens is 266 g/mol. The lowest BCUT2D eigenvalue weighted by Gasteiger charge is -2.36. The zero-order valence-corrected chi connectivity index (χ0v) is 10.4. The summed E-state index contributed by atoms with van der Waals surface area (Å²) in [5.41, 5.74) is 0. The molecule has 1 aromatic heterocycles. The Morgan fingerprint density at radius 1 is 1.59 bits per heavy atom. The molecule has 94 valence electrons. The number of hydrogen-bond donors (Lipinski definition) is 1. The molecule has 1 aliphatic heterocycles. The highest BCUT2D eigenvalue weighted by Gasteiger charge is 2.38. The minimum atomic E-state index is -3.41.